The number of sulfonamides is 1. The Morgan fingerprint density at radius 3 is 2.65 bits per heavy atom. The summed E-state index contributed by atoms with van der Waals surface area (Å²) < 4.78 is 52.0. The fourth-order valence-electron chi connectivity index (χ4n) is 7.88. The van der Waals surface area contributed by atoms with Gasteiger partial charge in [0.15, 0.2) is 0 Å². The number of fused-ring (bicyclic) bond motifs is 4. The molecule has 3 aliphatic heterocycles. The van der Waals surface area contributed by atoms with Crippen molar-refractivity contribution >= 4 is 50.8 Å². The van der Waals surface area contributed by atoms with E-state index >= 15 is 0 Å². The van der Waals surface area contributed by atoms with Gasteiger partial charge < -0.3 is 34.5 Å². The SMILES string of the molecule is CCOc1cc2c3cc(c(OC)cc3n1)C=CCC(C)(C)COC(=O)N[C@H]1CCCCCC=C[C@@H]3C[C@@]3(C(=O)NS(=O)(=O)C3CC3)NC(=O)[C@@H]3C[C@H](CN3C1=O)O2. The zero-order valence-corrected chi connectivity index (χ0v) is 33.8. The van der Waals surface area contributed by atoms with E-state index in [-0.39, 0.29) is 26.0 Å². The summed E-state index contributed by atoms with van der Waals surface area (Å²) in [4.78, 5) is 62.4. The number of nitrogens with zero attached hydrogens (tertiary/aromatic N) is 2. The summed E-state index contributed by atoms with van der Waals surface area (Å²) in [5.74, 6) is -1.02. The molecule has 1 aromatic heterocycles. The van der Waals surface area contributed by atoms with Crippen molar-refractivity contribution < 1.29 is 46.5 Å². The summed E-state index contributed by atoms with van der Waals surface area (Å²) in [6, 6.07) is 3.26. The Balaban J connectivity index is 1.28. The Morgan fingerprint density at radius 1 is 1.09 bits per heavy atom. The average Bonchev–Trinajstić information content (AvgIpc) is 4.09. The number of hydrogen-bond donors (Lipinski definition) is 3. The van der Waals surface area contributed by atoms with Gasteiger partial charge >= 0.3 is 6.09 Å². The van der Waals surface area contributed by atoms with Gasteiger partial charge in [0.25, 0.3) is 5.91 Å². The lowest BCUT2D eigenvalue weighted by atomic mass is 9.90. The minimum atomic E-state index is -3.90. The second-order valence-corrected chi connectivity index (χ2v) is 18.5. The molecule has 3 fully saturated rings. The van der Waals surface area contributed by atoms with Crippen LogP contribution in [0.3, 0.4) is 0 Å². The number of allylic oxidation sites excluding steroid dienone is 2. The molecular formula is C41H53N5O10S. The lowest BCUT2D eigenvalue weighted by Gasteiger charge is -2.30. The second-order valence-electron chi connectivity index (χ2n) is 16.5. The van der Waals surface area contributed by atoms with Gasteiger partial charge in [0.2, 0.25) is 27.7 Å². The van der Waals surface area contributed by atoms with Crippen LogP contribution in [0.2, 0.25) is 0 Å². The monoisotopic (exact) mass is 807 g/mol. The quantitative estimate of drug-likeness (QED) is 0.348. The normalized spacial score (nSPS) is 28.1. The molecular weight excluding hydrogens is 755 g/mol. The van der Waals surface area contributed by atoms with Crippen LogP contribution < -0.4 is 29.6 Å². The molecule has 0 radical (unpaired) electrons. The summed E-state index contributed by atoms with van der Waals surface area (Å²) in [6.07, 6.45) is 11.2. The number of benzene rings is 1. The van der Waals surface area contributed by atoms with Gasteiger partial charge in [-0.25, -0.2) is 18.2 Å². The maximum atomic E-state index is 14.6. The molecule has 4 heterocycles. The fraction of sp³-hybridized carbons (Fsp3) is 0.585. The minimum Gasteiger partial charge on any atom is -0.496 e. The number of alkyl carbamates (subject to hydrolysis) is 1. The number of carbonyl (C=O) groups is 4. The fourth-order valence-corrected chi connectivity index (χ4v) is 9.24. The zero-order chi connectivity index (χ0) is 40.5. The van der Waals surface area contributed by atoms with Gasteiger partial charge in [0, 0.05) is 40.8 Å². The number of aromatic nitrogens is 1. The second kappa shape index (κ2) is 16.2. The number of nitrogens with one attached hydrogen (secondary N) is 3. The van der Waals surface area contributed by atoms with E-state index in [1.54, 1.807) is 19.2 Å². The van der Waals surface area contributed by atoms with E-state index in [0.29, 0.717) is 73.4 Å². The highest BCUT2D eigenvalue weighted by molar-refractivity contribution is 7.91. The summed E-state index contributed by atoms with van der Waals surface area (Å²) in [5, 5.41) is 5.72. The van der Waals surface area contributed by atoms with Gasteiger partial charge in [-0.15, -0.1) is 0 Å². The maximum absolute atomic E-state index is 14.6. The first kappa shape index (κ1) is 40.3. The smallest absolute Gasteiger partial charge is 0.407 e. The minimum absolute atomic E-state index is 0.0214. The van der Waals surface area contributed by atoms with Gasteiger partial charge in [-0.2, -0.15) is 0 Å². The van der Waals surface area contributed by atoms with Crippen LogP contribution in [0.4, 0.5) is 4.79 Å². The highest BCUT2D eigenvalue weighted by Crippen LogP contribution is 2.46. The number of hydrogen-bond acceptors (Lipinski definition) is 11. The van der Waals surface area contributed by atoms with Gasteiger partial charge in [-0.3, -0.25) is 19.1 Å². The van der Waals surface area contributed by atoms with Crippen LogP contribution in [-0.4, -0.2) is 98.0 Å². The molecule has 0 spiro atoms. The first-order valence-electron chi connectivity index (χ1n) is 20.0. The van der Waals surface area contributed by atoms with Gasteiger partial charge in [-0.05, 0) is 57.9 Å². The molecule has 15 nitrogen and oxygen atoms in total. The number of rotatable bonds is 6. The molecule has 308 valence electrons. The molecule has 5 bridgehead atoms. The molecule has 16 heteroatoms. The third kappa shape index (κ3) is 9.00. The van der Waals surface area contributed by atoms with Crippen LogP contribution in [0.1, 0.15) is 90.5 Å². The molecule has 4 amide bonds. The first-order chi connectivity index (χ1) is 27.2. The summed E-state index contributed by atoms with van der Waals surface area (Å²) in [7, 11) is -2.33. The Bertz CT molecular complexity index is 2080. The van der Waals surface area contributed by atoms with Crippen molar-refractivity contribution in [1.29, 1.82) is 0 Å². The molecule has 2 aromatic rings. The maximum Gasteiger partial charge on any atom is 0.407 e. The van der Waals surface area contributed by atoms with Gasteiger partial charge in [-0.1, -0.05) is 51.0 Å². The summed E-state index contributed by atoms with van der Waals surface area (Å²) in [6.45, 7) is 6.20. The van der Waals surface area contributed by atoms with Crippen LogP contribution >= 0.6 is 0 Å². The molecule has 7 rings (SSSR count). The third-order valence-electron chi connectivity index (χ3n) is 11.4. The molecule has 0 unspecified atom stereocenters. The predicted octanol–water partition coefficient (Wildman–Crippen LogP) is 4.53. The van der Waals surface area contributed by atoms with Crippen molar-refractivity contribution in [3.05, 3.63) is 42.0 Å². The molecule has 1 saturated heterocycles. The molecule has 57 heavy (non-hydrogen) atoms. The van der Waals surface area contributed by atoms with Gasteiger partial charge in [0.1, 0.15) is 35.2 Å². The number of pyridine rings is 1. The lowest BCUT2D eigenvalue weighted by Crippen LogP contribution is -2.58. The molecule has 3 N–H and O–H groups in total. The van der Waals surface area contributed by atoms with E-state index in [9.17, 15) is 27.6 Å². The highest BCUT2D eigenvalue weighted by atomic mass is 32.2. The number of cyclic esters (lactones) is 1. The summed E-state index contributed by atoms with van der Waals surface area (Å²) in [5.41, 5.74) is -0.662. The van der Waals surface area contributed by atoms with Crippen molar-refractivity contribution in [1.82, 2.24) is 25.2 Å². The average molecular weight is 808 g/mol. The molecule has 5 atom stereocenters. The lowest BCUT2D eigenvalue weighted by molar-refractivity contribution is -0.141. The van der Waals surface area contributed by atoms with Crippen LogP contribution in [0.15, 0.2) is 36.4 Å². The van der Waals surface area contributed by atoms with Crippen LogP contribution in [0.5, 0.6) is 17.4 Å². The number of methoxy groups -OCH3 is 1. The molecule has 2 aliphatic carbocycles. The largest absolute Gasteiger partial charge is 0.496 e. The van der Waals surface area contributed by atoms with E-state index in [2.05, 4.69) is 15.4 Å². The van der Waals surface area contributed by atoms with Crippen molar-refractivity contribution in [3.8, 4) is 17.4 Å². The van der Waals surface area contributed by atoms with E-state index in [4.69, 9.17) is 23.9 Å². The number of ether oxygens (including phenoxy) is 4. The summed E-state index contributed by atoms with van der Waals surface area (Å²) >= 11 is 0. The Morgan fingerprint density at radius 2 is 1.89 bits per heavy atom. The van der Waals surface area contributed by atoms with E-state index in [0.717, 1.165) is 18.4 Å². The van der Waals surface area contributed by atoms with Crippen LogP contribution in [-0.2, 0) is 29.1 Å². The Labute approximate surface area is 333 Å². The first-order valence-corrected chi connectivity index (χ1v) is 21.5. The Hall–Kier alpha value is -4.86. The standard InChI is InChI=1S/C41H53N5O10S/c1-5-54-35-21-34-29-18-25(33(53-4)20-31(29)42-35)12-11-17-40(2,3)24-55-39(50)43-30-14-10-8-6-7-9-13-26-22-41(26,38(49)45-57(51,52)28-15-16-28)44-36(47)32-19-27(56-34)23-46(32)37(30)48/h9,11-13,18,20-21,26-28,30,32H,5-8,10,14-17,19,22-24H2,1-4H3,(H,43,50)(H,44,47)(H,45,49)/t26-,27-,30+,32+,41-/m1/s1. The highest BCUT2D eigenvalue weighted by Gasteiger charge is 2.62. The Kier molecular flexibility index (Phi) is 11.5. The topological polar surface area (TPSA) is 192 Å². The van der Waals surface area contributed by atoms with E-state index in [1.807, 2.05) is 51.1 Å². The third-order valence-corrected chi connectivity index (χ3v) is 13.2. The molecule has 2 saturated carbocycles. The molecule has 1 aromatic carbocycles. The van der Waals surface area contributed by atoms with Crippen LogP contribution in [0, 0.1) is 11.3 Å². The van der Waals surface area contributed by atoms with E-state index in [1.165, 1.54) is 4.90 Å². The van der Waals surface area contributed by atoms with E-state index < -0.39 is 74.1 Å². The number of carbonyl (C=O) groups excluding carboxylic acids is 4. The van der Waals surface area contributed by atoms with Crippen LogP contribution in [0.25, 0.3) is 17.0 Å². The van der Waals surface area contributed by atoms with Gasteiger partial charge in [0.05, 0.1) is 37.6 Å². The van der Waals surface area contributed by atoms with Crippen molar-refractivity contribution in [3.63, 3.8) is 0 Å². The molecule has 5 aliphatic rings. The van der Waals surface area contributed by atoms with Crippen molar-refractivity contribution in [2.45, 2.75) is 114 Å². The predicted molar refractivity (Wildman–Crippen MR) is 211 cm³/mol. The zero-order valence-electron chi connectivity index (χ0n) is 33.0. The van der Waals surface area contributed by atoms with Crippen molar-refractivity contribution in [2.24, 2.45) is 11.3 Å². The number of amides is 4. The van der Waals surface area contributed by atoms with Crippen molar-refractivity contribution in [2.75, 3.05) is 26.9 Å².